The Morgan fingerprint density at radius 1 is 1.61 bits per heavy atom. The Hall–Kier alpha value is -1.04. The molecule has 0 aromatic carbocycles. The van der Waals surface area contributed by atoms with Gasteiger partial charge in [-0.05, 0) is 13.0 Å². The molecule has 5 nitrogen and oxygen atoms in total. The number of morpholine rings is 1. The Labute approximate surface area is 114 Å². The minimum atomic E-state index is -1.11. The first-order valence-corrected chi connectivity index (χ1v) is 6.20. The van der Waals surface area contributed by atoms with Gasteiger partial charge in [0.2, 0.25) is 0 Å². The number of aromatic carboxylic acids is 1. The molecule has 18 heavy (non-hydrogen) atoms. The van der Waals surface area contributed by atoms with Crippen molar-refractivity contribution in [2.45, 2.75) is 13.0 Å². The van der Waals surface area contributed by atoms with E-state index < -0.39 is 5.97 Å². The molecule has 1 aliphatic rings. The van der Waals surface area contributed by atoms with Gasteiger partial charge in [-0.2, -0.15) is 0 Å². The molecule has 0 bridgehead atoms. The Kier molecular flexibility index (Phi) is 3.94. The molecule has 98 valence electrons. The quantitative estimate of drug-likeness (QED) is 0.847. The highest BCUT2D eigenvalue weighted by atomic mass is 35.5. The van der Waals surface area contributed by atoms with Gasteiger partial charge in [0.15, 0.2) is 0 Å². The van der Waals surface area contributed by atoms with E-state index in [1.165, 1.54) is 6.07 Å². The number of pyridine rings is 1. The van der Waals surface area contributed by atoms with Crippen LogP contribution in [0.4, 0.5) is 5.82 Å². The summed E-state index contributed by atoms with van der Waals surface area (Å²) in [6, 6.07) is 1.36. The number of rotatable bonds is 2. The van der Waals surface area contributed by atoms with E-state index in [0.717, 1.165) is 0 Å². The first-order chi connectivity index (χ1) is 8.50. The van der Waals surface area contributed by atoms with E-state index in [-0.39, 0.29) is 21.8 Å². The number of hydrogen-bond donors (Lipinski definition) is 1. The summed E-state index contributed by atoms with van der Waals surface area (Å²) in [5, 5.41) is 9.50. The van der Waals surface area contributed by atoms with Crippen molar-refractivity contribution in [3.05, 3.63) is 21.8 Å². The molecule has 1 saturated heterocycles. The Balaban J connectivity index is 2.50. The van der Waals surface area contributed by atoms with Crippen molar-refractivity contribution in [3.8, 4) is 0 Å². The maximum absolute atomic E-state index is 11.3. The summed E-state index contributed by atoms with van der Waals surface area (Å²) < 4.78 is 5.31. The lowest BCUT2D eigenvalue weighted by Crippen LogP contribution is -2.44. The van der Waals surface area contributed by atoms with Crippen molar-refractivity contribution in [1.29, 1.82) is 0 Å². The molecule has 1 N–H and O–H groups in total. The molecule has 2 rings (SSSR count). The van der Waals surface area contributed by atoms with E-state index in [1.807, 2.05) is 11.8 Å². The molecular weight excluding hydrogens is 279 g/mol. The molecule has 0 unspecified atom stereocenters. The van der Waals surface area contributed by atoms with E-state index in [0.29, 0.717) is 25.6 Å². The van der Waals surface area contributed by atoms with E-state index >= 15 is 0 Å². The number of carboxylic acid groups (broad SMARTS) is 1. The van der Waals surface area contributed by atoms with Crippen LogP contribution >= 0.6 is 23.2 Å². The number of aromatic nitrogens is 1. The number of hydrogen-bond acceptors (Lipinski definition) is 4. The smallest absolute Gasteiger partial charge is 0.341 e. The molecule has 0 amide bonds. The Morgan fingerprint density at radius 2 is 2.33 bits per heavy atom. The summed E-state index contributed by atoms with van der Waals surface area (Å²) in [7, 11) is 0. The molecular formula is C11H12Cl2N2O3. The van der Waals surface area contributed by atoms with Gasteiger partial charge in [-0.1, -0.05) is 23.2 Å². The highest BCUT2D eigenvalue weighted by molar-refractivity contribution is 6.36. The number of ether oxygens (including phenoxy) is 1. The third-order valence-corrected chi connectivity index (χ3v) is 3.27. The lowest BCUT2D eigenvalue weighted by molar-refractivity contribution is 0.0694. The number of anilines is 1. The van der Waals surface area contributed by atoms with Gasteiger partial charge in [0.25, 0.3) is 0 Å². The second kappa shape index (κ2) is 5.30. The molecule has 7 heteroatoms. The molecule has 1 aliphatic heterocycles. The summed E-state index contributed by atoms with van der Waals surface area (Å²) >= 11 is 11.8. The first kappa shape index (κ1) is 13.4. The highest BCUT2D eigenvalue weighted by Gasteiger charge is 2.27. The predicted molar refractivity (Wildman–Crippen MR) is 68.8 cm³/mol. The zero-order valence-electron chi connectivity index (χ0n) is 9.69. The number of halogens is 2. The molecule has 1 fully saturated rings. The van der Waals surface area contributed by atoms with Crippen molar-refractivity contribution in [1.82, 2.24) is 4.98 Å². The van der Waals surface area contributed by atoms with Gasteiger partial charge < -0.3 is 14.7 Å². The standard InChI is InChI=1S/C11H12Cl2N2O3/c1-6-5-18-3-2-15(6)10-9(11(16)17)7(12)4-8(13)14-10/h4,6H,2-3,5H2,1H3,(H,16,17)/t6-/m0/s1. The molecule has 2 heterocycles. The van der Waals surface area contributed by atoms with Gasteiger partial charge in [0.05, 0.1) is 24.3 Å². The van der Waals surface area contributed by atoms with E-state index in [9.17, 15) is 9.90 Å². The zero-order chi connectivity index (χ0) is 13.3. The van der Waals surface area contributed by atoms with Crippen LogP contribution in [0.2, 0.25) is 10.2 Å². The Bertz CT molecular complexity index is 482. The van der Waals surface area contributed by atoms with Gasteiger partial charge in [-0.15, -0.1) is 0 Å². The number of carboxylic acids is 1. The average molecular weight is 291 g/mol. The minimum Gasteiger partial charge on any atom is -0.478 e. The maximum Gasteiger partial charge on any atom is 0.341 e. The second-order valence-corrected chi connectivity index (χ2v) is 4.84. The van der Waals surface area contributed by atoms with Crippen LogP contribution in [0, 0.1) is 0 Å². The normalized spacial score (nSPS) is 19.9. The SMILES string of the molecule is C[C@H]1COCCN1c1nc(Cl)cc(Cl)c1C(=O)O. The maximum atomic E-state index is 11.3. The van der Waals surface area contributed by atoms with Crippen molar-refractivity contribution < 1.29 is 14.6 Å². The van der Waals surface area contributed by atoms with Crippen molar-refractivity contribution in [3.63, 3.8) is 0 Å². The van der Waals surface area contributed by atoms with E-state index in [1.54, 1.807) is 0 Å². The van der Waals surface area contributed by atoms with Crippen molar-refractivity contribution in [2.75, 3.05) is 24.7 Å². The fourth-order valence-electron chi connectivity index (χ4n) is 1.92. The highest BCUT2D eigenvalue weighted by Crippen LogP contribution is 2.30. The zero-order valence-corrected chi connectivity index (χ0v) is 11.2. The summed E-state index contributed by atoms with van der Waals surface area (Å²) in [6.07, 6.45) is 0. The Morgan fingerprint density at radius 3 is 2.94 bits per heavy atom. The van der Waals surface area contributed by atoms with Crippen LogP contribution in [0.5, 0.6) is 0 Å². The van der Waals surface area contributed by atoms with E-state index in [2.05, 4.69) is 4.98 Å². The third kappa shape index (κ3) is 2.53. The van der Waals surface area contributed by atoms with Crippen LogP contribution < -0.4 is 4.90 Å². The summed E-state index contributed by atoms with van der Waals surface area (Å²) in [5.41, 5.74) is -0.0187. The van der Waals surface area contributed by atoms with Crippen LogP contribution in [0.3, 0.4) is 0 Å². The fraction of sp³-hybridized carbons (Fsp3) is 0.455. The van der Waals surface area contributed by atoms with Crippen LogP contribution in [-0.2, 0) is 4.74 Å². The molecule has 0 aliphatic carbocycles. The van der Waals surface area contributed by atoms with Gasteiger partial charge in [-0.25, -0.2) is 9.78 Å². The number of nitrogens with zero attached hydrogens (tertiary/aromatic N) is 2. The van der Waals surface area contributed by atoms with Crippen LogP contribution in [0.25, 0.3) is 0 Å². The van der Waals surface area contributed by atoms with Gasteiger partial charge in [0, 0.05) is 6.54 Å². The predicted octanol–water partition coefficient (Wildman–Crippen LogP) is 2.31. The van der Waals surface area contributed by atoms with Gasteiger partial charge >= 0.3 is 5.97 Å². The largest absolute Gasteiger partial charge is 0.478 e. The summed E-state index contributed by atoms with van der Waals surface area (Å²) in [4.78, 5) is 17.2. The molecule has 1 atom stereocenters. The van der Waals surface area contributed by atoms with E-state index in [4.69, 9.17) is 27.9 Å². The molecule has 0 saturated carbocycles. The minimum absolute atomic E-state index is 0.0187. The molecule has 1 aromatic heterocycles. The van der Waals surface area contributed by atoms with Gasteiger partial charge in [0.1, 0.15) is 16.5 Å². The summed E-state index contributed by atoms with van der Waals surface area (Å²) in [5.74, 6) is -0.811. The topological polar surface area (TPSA) is 62.7 Å². The fourth-order valence-corrected chi connectivity index (χ4v) is 2.43. The summed E-state index contributed by atoms with van der Waals surface area (Å²) in [6.45, 7) is 3.53. The lowest BCUT2D eigenvalue weighted by atomic mass is 10.2. The monoisotopic (exact) mass is 290 g/mol. The van der Waals surface area contributed by atoms with Gasteiger partial charge in [-0.3, -0.25) is 0 Å². The first-order valence-electron chi connectivity index (χ1n) is 5.44. The number of carbonyl (C=O) groups is 1. The molecule has 1 aromatic rings. The second-order valence-electron chi connectivity index (χ2n) is 4.05. The van der Waals surface area contributed by atoms with Crippen LogP contribution in [0.15, 0.2) is 6.07 Å². The van der Waals surface area contributed by atoms with Crippen LogP contribution in [0.1, 0.15) is 17.3 Å². The van der Waals surface area contributed by atoms with Crippen molar-refractivity contribution in [2.24, 2.45) is 0 Å². The average Bonchev–Trinajstić information content (AvgIpc) is 2.27. The van der Waals surface area contributed by atoms with Crippen molar-refractivity contribution >= 4 is 35.0 Å². The third-order valence-electron chi connectivity index (χ3n) is 2.77. The lowest BCUT2D eigenvalue weighted by Gasteiger charge is -2.35. The molecule has 0 radical (unpaired) electrons. The van der Waals surface area contributed by atoms with Crippen LogP contribution in [-0.4, -0.2) is 41.9 Å². The molecule has 0 spiro atoms.